The Hall–Kier alpha value is -12.2. The van der Waals surface area contributed by atoms with E-state index < -0.39 is 199 Å². The van der Waals surface area contributed by atoms with Crippen molar-refractivity contribution in [3.8, 4) is 28.1 Å². The van der Waals surface area contributed by atoms with Crippen LogP contribution in [-0.4, -0.2) is 209 Å². The number of nitrogens with one attached hydrogen (secondary N) is 11. The highest BCUT2D eigenvalue weighted by Gasteiger charge is 2.43. The Morgan fingerprint density at radius 1 is 0.591 bits per heavy atom. The van der Waals surface area contributed by atoms with Gasteiger partial charge in [-0.15, -0.1) is 0 Å². The third-order valence-corrected chi connectivity index (χ3v) is 17.5. The molecule has 6 aromatic rings. The number of amides is 11. The number of imidazole rings is 1. The summed E-state index contributed by atoms with van der Waals surface area (Å²) in [7, 11) is 1.53. The number of aromatic amines is 1. The lowest BCUT2D eigenvalue weighted by Gasteiger charge is -2.34. The summed E-state index contributed by atoms with van der Waals surface area (Å²) in [5.74, 6) is -17.0. The van der Waals surface area contributed by atoms with Gasteiger partial charge in [-0.1, -0.05) is 73.7 Å². The van der Waals surface area contributed by atoms with Crippen LogP contribution in [0.5, 0.6) is 5.75 Å². The monoisotopic (exact) mass is 1530 g/mol. The molecule has 34 nitrogen and oxygen atoms in total. The Balaban J connectivity index is 1.17. The highest BCUT2D eigenvalue weighted by atomic mass is 19.1. The number of carbonyl (C=O) groups excluding carboxylic acids is 11. The smallest absolute Gasteiger partial charge is 0.305 e. The first kappa shape index (κ1) is 86.8. The minimum absolute atomic E-state index is 0.0207. The van der Waals surface area contributed by atoms with Gasteiger partial charge in [0.15, 0.2) is 0 Å². The van der Waals surface area contributed by atoms with Crippen LogP contribution in [0.25, 0.3) is 22.4 Å². The van der Waals surface area contributed by atoms with E-state index in [1.807, 2.05) is 19.1 Å². The quantitative estimate of drug-likeness (QED) is 0.0206. The molecule has 0 aliphatic carbocycles. The lowest BCUT2D eigenvalue weighted by molar-refractivity contribution is -0.142. The lowest BCUT2D eigenvalue weighted by Crippen LogP contribution is -2.67. The summed E-state index contributed by atoms with van der Waals surface area (Å²) in [4.78, 5) is 188. The number of hydrogen-bond acceptors (Lipinski definition) is 20. The standard InChI is InChI=1S/C74H91F2N15O19/c1-8-42-29-46(110-7)22-23-47(42)43-20-17-40(18-21-43)27-55(66(103)83-54(63(78)100)28-41-19-24-52(80-33-41)48-14-10-12-16-50(48)76)84-67(104)56(31-60(98)99)85-68(105)57(36-92)86-69(106)61(38(2)93)89-72(109)74(6,32-44-13-9-11-15-49(44)75)91-70(107)62(39(3)94)88-58(95)35-81-65(102)53(25-26-59(96)97)87-71(108)73(4,5)90-64(101)51(77)30-45-34-79-37-82-45/h9-24,29,33-34,37-39,51,53-57,61-62,92-94H,8,25-28,30-32,35-36,77H2,1-7H3,(H2,78,100)(H,79,82)(H,81,102)(H,83,103)(H,84,104)(H,85,105)(H,86,106)(H,87,108)(H,88,95)(H,89,109)(H,90,101)(H,91,107)(H,96,97)(H,98,99)/t38?,39?,51-,53-,54-,55-,56-,57-,61-,62-,74?/m0/s1. The maximum Gasteiger partial charge on any atom is 0.305 e. The van der Waals surface area contributed by atoms with Crippen molar-refractivity contribution in [3.63, 3.8) is 0 Å². The number of carboxylic acid groups (broad SMARTS) is 2. The molecule has 0 aliphatic rings. The topological polar surface area (TPSA) is 546 Å². The summed E-state index contributed by atoms with van der Waals surface area (Å²) in [5, 5.41) is 74.9. The molecule has 590 valence electrons. The fraction of sp³-hybridized carbons (Fsp3) is 0.392. The number of aliphatic hydroxyl groups excluding tert-OH is 3. The number of hydrogen-bond donors (Lipinski definition) is 18. The molecule has 36 heteroatoms. The number of H-pyrrole nitrogens is 1. The van der Waals surface area contributed by atoms with Crippen LogP contribution in [0.1, 0.15) is 88.8 Å². The zero-order valence-electron chi connectivity index (χ0n) is 61.1. The number of rotatable bonds is 41. The number of halogens is 2. The zero-order chi connectivity index (χ0) is 81.3. The first-order valence-corrected chi connectivity index (χ1v) is 34.6. The second-order valence-electron chi connectivity index (χ2n) is 26.7. The SMILES string of the molecule is CCc1cc(OC)ccc1-c1ccc(C[C@H](NC(=O)[C@H](CC(=O)O)NC(=O)[C@H](CO)NC(=O)[C@@H](NC(=O)C(C)(Cc2ccccc2F)NC(=O)[C@@H](NC(=O)CNC(=O)[C@H](CCC(=O)O)NC(=O)C(C)(C)NC(=O)[C@@H](N)Cc2c[nH]cn2)C(C)O)C(C)O)C(=O)N[C@@H](Cc2ccc(-c3ccccc3F)nc2)C(N)=O)cc1. The Bertz CT molecular complexity index is 4280. The van der Waals surface area contributed by atoms with Gasteiger partial charge in [0.05, 0.1) is 62.6 Å². The number of aliphatic carboxylic acids is 2. The van der Waals surface area contributed by atoms with Crippen LogP contribution in [0.2, 0.25) is 0 Å². The molecule has 2 aromatic heterocycles. The van der Waals surface area contributed by atoms with E-state index in [4.69, 9.17) is 16.2 Å². The molecule has 0 saturated heterocycles. The van der Waals surface area contributed by atoms with Crippen LogP contribution in [0.15, 0.2) is 122 Å². The molecule has 11 amide bonds. The fourth-order valence-electron chi connectivity index (χ4n) is 11.3. The number of carboxylic acids is 2. The molecule has 0 spiro atoms. The van der Waals surface area contributed by atoms with Gasteiger partial charge in [0.2, 0.25) is 65.0 Å². The van der Waals surface area contributed by atoms with Gasteiger partial charge < -0.3 is 99.9 Å². The molecule has 2 heterocycles. The number of ether oxygens (including phenoxy) is 1. The summed E-state index contributed by atoms with van der Waals surface area (Å²) in [5.41, 5.74) is 11.6. The second-order valence-corrected chi connectivity index (χ2v) is 26.7. The predicted octanol–water partition coefficient (Wildman–Crippen LogP) is -1.56. The summed E-state index contributed by atoms with van der Waals surface area (Å²) in [6, 6.07) is 11.6. The number of methoxy groups -OCH3 is 1. The first-order chi connectivity index (χ1) is 52.0. The minimum Gasteiger partial charge on any atom is -0.497 e. The number of benzene rings is 4. The van der Waals surface area contributed by atoms with Crippen molar-refractivity contribution >= 4 is 76.9 Å². The summed E-state index contributed by atoms with van der Waals surface area (Å²) >= 11 is 0. The first-order valence-electron chi connectivity index (χ1n) is 34.6. The maximum absolute atomic E-state index is 15.5. The number of aromatic nitrogens is 3. The number of pyridine rings is 1. The molecule has 0 saturated carbocycles. The zero-order valence-corrected chi connectivity index (χ0v) is 61.1. The normalized spacial score (nSPS) is 14.5. The number of aliphatic hydroxyl groups is 3. The van der Waals surface area contributed by atoms with Crippen LogP contribution >= 0.6 is 0 Å². The Kier molecular flexibility index (Phi) is 31.7. The molecule has 110 heavy (non-hydrogen) atoms. The van der Waals surface area contributed by atoms with E-state index in [1.165, 1.54) is 88.2 Å². The van der Waals surface area contributed by atoms with E-state index >= 15 is 4.39 Å². The van der Waals surface area contributed by atoms with E-state index in [0.717, 1.165) is 43.5 Å². The van der Waals surface area contributed by atoms with Crippen molar-refractivity contribution in [1.82, 2.24) is 68.1 Å². The molecular weight excluding hydrogens is 1440 g/mol. The predicted molar refractivity (Wildman–Crippen MR) is 389 cm³/mol. The maximum atomic E-state index is 15.5. The van der Waals surface area contributed by atoms with Gasteiger partial charge in [0, 0.05) is 50.1 Å². The van der Waals surface area contributed by atoms with Crippen molar-refractivity contribution < 1.29 is 101 Å². The molecule has 20 N–H and O–H groups in total. The van der Waals surface area contributed by atoms with Crippen molar-refractivity contribution in [2.75, 3.05) is 20.3 Å². The van der Waals surface area contributed by atoms with Gasteiger partial charge in [-0.3, -0.25) is 67.3 Å². The van der Waals surface area contributed by atoms with Crippen LogP contribution in [0.4, 0.5) is 8.78 Å². The number of aryl methyl sites for hydroxylation is 1. The van der Waals surface area contributed by atoms with E-state index in [0.29, 0.717) is 29.0 Å². The minimum atomic E-state index is -2.44. The lowest BCUT2D eigenvalue weighted by atomic mass is 9.90. The van der Waals surface area contributed by atoms with E-state index in [-0.39, 0.29) is 36.1 Å². The molecular formula is C74H91F2N15O19. The fourth-order valence-corrected chi connectivity index (χ4v) is 11.3. The molecule has 0 aliphatic heterocycles. The van der Waals surface area contributed by atoms with Crippen molar-refractivity contribution in [3.05, 3.63) is 161 Å². The Morgan fingerprint density at radius 3 is 1.77 bits per heavy atom. The molecule has 0 fully saturated rings. The van der Waals surface area contributed by atoms with Gasteiger partial charge in [-0.2, -0.15) is 0 Å². The average Bonchev–Trinajstić information content (AvgIpc) is 1.10. The number of carbonyl (C=O) groups is 13. The van der Waals surface area contributed by atoms with Gasteiger partial charge >= 0.3 is 11.9 Å². The molecule has 6 rings (SSSR count). The number of nitrogens with zero attached hydrogens (tertiary/aromatic N) is 2. The van der Waals surface area contributed by atoms with Crippen LogP contribution in [-0.2, 0) is 94.4 Å². The molecule has 11 atom stereocenters. The van der Waals surface area contributed by atoms with Gasteiger partial charge in [-0.25, -0.2) is 13.8 Å². The molecule has 0 bridgehead atoms. The third kappa shape index (κ3) is 25.2. The third-order valence-electron chi connectivity index (χ3n) is 17.5. The summed E-state index contributed by atoms with van der Waals surface area (Å²) in [6.45, 7) is 5.23. The second kappa shape index (κ2) is 40.2. The van der Waals surface area contributed by atoms with Gasteiger partial charge in [0.1, 0.15) is 70.8 Å². The highest BCUT2D eigenvalue weighted by molar-refractivity contribution is 6.01. The van der Waals surface area contributed by atoms with Crippen LogP contribution < -0.4 is 69.4 Å². The summed E-state index contributed by atoms with van der Waals surface area (Å²) < 4.78 is 35.5. The van der Waals surface area contributed by atoms with Crippen molar-refractivity contribution in [1.29, 1.82) is 0 Å². The van der Waals surface area contributed by atoms with Crippen LogP contribution in [0.3, 0.4) is 0 Å². The van der Waals surface area contributed by atoms with E-state index in [9.17, 15) is 92.3 Å². The van der Waals surface area contributed by atoms with E-state index in [1.54, 1.807) is 36.4 Å². The molecule has 3 unspecified atom stereocenters. The highest BCUT2D eigenvalue weighted by Crippen LogP contribution is 2.29. The number of primary amides is 1. The summed E-state index contributed by atoms with van der Waals surface area (Å²) in [6.07, 6.45) is -2.73. The van der Waals surface area contributed by atoms with Crippen molar-refractivity contribution in [2.24, 2.45) is 11.5 Å². The molecule has 4 aromatic carbocycles. The Labute approximate surface area is 629 Å². The van der Waals surface area contributed by atoms with Gasteiger partial charge in [-0.05, 0) is 117 Å². The van der Waals surface area contributed by atoms with Crippen LogP contribution in [0, 0.1) is 11.6 Å². The largest absolute Gasteiger partial charge is 0.497 e. The molecule has 0 radical (unpaired) electrons. The van der Waals surface area contributed by atoms with E-state index in [2.05, 4.69) is 68.1 Å². The Morgan fingerprint density at radius 2 is 1.19 bits per heavy atom. The van der Waals surface area contributed by atoms with Crippen molar-refractivity contribution in [2.45, 2.75) is 165 Å². The van der Waals surface area contributed by atoms with Gasteiger partial charge in [0.25, 0.3) is 0 Å². The average molecular weight is 1530 g/mol. The number of nitrogens with two attached hydrogens (primary N) is 2.